The quantitative estimate of drug-likeness (QED) is 0.914. The highest BCUT2D eigenvalue weighted by molar-refractivity contribution is 6.04. The number of benzene rings is 1. The van der Waals surface area contributed by atoms with Crippen molar-refractivity contribution in [2.45, 2.75) is 19.5 Å². The highest BCUT2D eigenvalue weighted by Crippen LogP contribution is 2.29. The van der Waals surface area contributed by atoms with Gasteiger partial charge in [-0.25, -0.2) is 0 Å². The number of nitrogens with one attached hydrogen (secondary N) is 2. The number of aryl methyl sites for hydroxylation is 1. The fourth-order valence-electron chi connectivity index (χ4n) is 1.83. The molecule has 0 aliphatic heterocycles. The smallest absolute Gasteiger partial charge is 0.327 e. The van der Waals surface area contributed by atoms with Gasteiger partial charge >= 0.3 is 6.18 Å². The van der Waals surface area contributed by atoms with Crippen molar-refractivity contribution in [3.63, 3.8) is 0 Å². The van der Waals surface area contributed by atoms with E-state index in [1.54, 1.807) is 24.3 Å². The molecule has 2 N–H and O–H groups in total. The van der Waals surface area contributed by atoms with Gasteiger partial charge < -0.3 is 10.3 Å². The highest BCUT2D eigenvalue weighted by atomic mass is 19.4. The molecule has 2 rings (SSSR count). The average molecular weight is 310 g/mol. The van der Waals surface area contributed by atoms with Crippen LogP contribution in [0.1, 0.15) is 28.4 Å². The molecule has 0 aliphatic carbocycles. The lowest BCUT2D eigenvalue weighted by Crippen LogP contribution is -2.21. The molecule has 0 unspecified atom stereocenters. The molecule has 22 heavy (non-hydrogen) atoms. The molecule has 0 fully saturated rings. The van der Waals surface area contributed by atoms with E-state index < -0.39 is 28.9 Å². The SMILES string of the molecule is CCc1ccc(C(=O)Nc2cc(C(F)(F)F)c[nH]c2=O)cc1. The summed E-state index contributed by atoms with van der Waals surface area (Å²) in [6, 6.07) is 7.19. The maximum atomic E-state index is 12.6. The Morgan fingerprint density at radius 1 is 1.23 bits per heavy atom. The number of hydrogen-bond acceptors (Lipinski definition) is 2. The number of aromatic nitrogens is 1. The van der Waals surface area contributed by atoms with E-state index in [0.717, 1.165) is 12.0 Å². The number of hydrogen-bond donors (Lipinski definition) is 2. The predicted molar refractivity (Wildman–Crippen MR) is 75.8 cm³/mol. The average Bonchev–Trinajstić information content (AvgIpc) is 2.48. The van der Waals surface area contributed by atoms with E-state index in [0.29, 0.717) is 12.3 Å². The topological polar surface area (TPSA) is 62.0 Å². The van der Waals surface area contributed by atoms with Crippen LogP contribution in [-0.4, -0.2) is 10.9 Å². The standard InChI is InChI=1S/C15H13F3N2O2/c1-2-9-3-5-10(6-4-9)13(21)20-12-7-11(15(16,17)18)8-19-14(12)22/h3-8H,2H2,1H3,(H,19,22)(H,20,21). The van der Waals surface area contributed by atoms with Gasteiger partial charge in [-0.1, -0.05) is 19.1 Å². The number of rotatable bonds is 3. The number of halogens is 3. The summed E-state index contributed by atoms with van der Waals surface area (Å²) < 4.78 is 37.8. The molecular weight excluding hydrogens is 297 g/mol. The number of carbonyl (C=O) groups excluding carboxylic acids is 1. The minimum absolute atomic E-state index is 0.258. The van der Waals surface area contributed by atoms with Gasteiger partial charge in [0.25, 0.3) is 11.5 Å². The first-order valence-electron chi connectivity index (χ1n) is 6.51. The fraction of sp³-hybridized carbons (Fsp3) is 0.200. The molecule has 7 heteroatoms. The van der Waals surface area contributed by atoms with Crippen LogP contribution in [0.15, 0.2) is 41.3 Å². The van der Waals surface area contributed by atoms with Crippen LogP contribution >= 0.6 is 0 Å². The van der Waals surface area contributed by atoms with E-state index in [4.69, 9.17) is 0 Å². The number of H-pyrrole nitrogens is 1. The van der Waals surface area contributed by atoms with E-state index in [-0.39, 0.29) is 5.56 Å². The Morgan fingerprint density at radius 3 is 2.41 bits per heavy atom. The monoisotopic (exact) mass is 310 g/mol. The Labute approximate surface area is 124 Å². The summed E-state index contributed by atoms with van der Waals surface area (Å²) in [6.45, 7) is 1.96. The second kappa shape index (κ2) is 6.05. The maximum Gasteiger partial charge on any atom is 0.417 e. The Bertz CT molecular complexity index is 734. The number of aromatic amines is 1. The molecule has 2 aromatic rings. The molecule has 0 radical (unpaired) electrons. The van der Waals surface area contributed by atoms with Gasteiger partial charge in [-0.15, -0.1) is 0 Å². The Hall–Kier alpha value is -2.57. The zero-order valence-corrected chi connectivity index (χ0v) is 11.6. The van der Waals surface area contributed by atoms with Crippen molar-refractivity contribution in [1.82, 2.24) is 4.98 Å². The van der Waals surface area contributed by atoms with Gasteiger partial charge in [0.2, 0.25) is 0 Å². The van der Waals surface area contributed by atoms with E-state index in [2.05, 4.69) is 5.32 Å². The third kappa shape index (κ3) is 3.55. The lowest BCUT2D eigenvalue weighted by atomic mass is 10.1. The first kappa shape index (κ1) is 15.8. The lowest BCUT2D eigenvalue weighted by molar-refractivity contribution is -0.137. The van der Waals surface area contributed by atoms with E-state index in [9.17, 15) is 22.8 Å². The van der Waals surface area contributed by atoms with Crippen LogP contribution in [0.3, 0.4) is 0 Å². The van der Waals surface area contributed by atoms with Gasteiger partial charge in [0.05, 0.1) is 5.56 Å². The first-order chi connectivity index (χ1) is 10.3. The number of amides is 1. The second-order valence-corrected chi connectivity index (χ2v) is 4.63. The number of anilines is 1. The zero-order valence-electron chi connectivity index (χ0n) is 11.6. The molecule has 1 heterocycles. The number of pyridine rings is 1. The van der Waals surface area contributed by atoms with Crippen LogP contribution < -0.4 is 10.9 Å². The largest absolute Gasteiger partial charge is 0.417 e. The molecule has 0 atom stereocenters. The zero-order chi connectivity index (χ0) is 16.3. The summed E-state index contributed by atoms with van der Waals surface area (Å²) in [5.74, 6) is -0.646. The molecule has 0 aliphatic rings. The van der Waals surface area contributed by atoms with Gasteiger partial charge in [-0.2, -0.15) is 13.2 Å². The Morgan fingerprint density at radius 2 is 1.86 bits per heavy atom. The number of carbonyl (C=O) groups is 1. The van der Waals surface area contributed by atoms with Gasteiger partial charge in [0.15, 0.2) is 0 Å². The van der Waals surface area contributed by atoms with Gasteiger partial charge in [-0.05, 0) is 30.2 Å². The first-order valence-corrected chi connectivity index (χ1v) is 6.51. The lowest BCUT2D eigenvalue weighted by Gasteiger charge is -2.09. The summed E-state index contributed by atoms with van der Waals surface area (Å²) in [6.07, 6.45) is -3.24. The summed E-state index contributed by atoms with van der Waals surface area (Å²) >= 11 is 0. The molecule has 1 amide bonds. The summed E-state index contributed by atoms with van der Waals surface area (Å²) in [4.78, 5) is 25.5. The van der Waals surface area contributed by atoms with Crippen molar-refractivity contribution in [3.05, 3.63) is 63.6 Å². The van der Waals surface area contributed by atoms with Crippen LogP contribution in [0, 0.1) is 0 Å². The predicted octanol–water partition coefficient (Wildman–Crippen LogP) is 3.21. The molecule has 0 spiro atoms. The summed E-state index contributed by atoms with van der Waals surface area (Å²) in [5.41, 5.74) is -1.00. The van der Waals surface area contributed by atoms with Crippen molar-refractivity contribution >= 4 is 11.6 Å². The van der Waals surface area contributed by atoms with Gasteiger partial charge in [0, 0.05) is 11.8 Å². The van der Waals surface area contributed by atoms with Crippen LogP contribution in [-0.2, 0) is 12.6 Å². The van der Waals surface area contributed by atoms with E-state index >= 15 is 0 Å². The van der Waals surface area contributed by atoms with Gasteiger partial charge in [0.1, 0.15) is 5.69 Å². The molecule has 4 nitrogen and oxygen atoms in total. The molecule has 1 aromatic carbocycles. The third-order valence-electron chi connectivity index (χ3n) is 3.10. The second-order valence-electron chi connectivity index (χ2n) is 4.63. The summed E-state index contributed by atoms with van der Waals surface area (Å²) in [7, 11) is 0. The van der Waals surface area contributed by atoms with Crippen molar-refractivity contribution < 1.29 is 18.0 Å². The highest BCUT2D eigenvalue weighted by Gasteiger charge is 2.31. The van der Waals surface area contributed by atoms with Crippen molar-refractivity contribution in [1.29, 1.82) is 0 Å². The fourth-order valence-corrected chi connectivity index (χ4v) is 1.83. The molecular formula is C15H13F3N2O2. The molecule has 0 saturated carbocycles. The maximum absolute atomic E-state index is 12.6. The third-order valence-corrected chi connectivity index (χ3v) is 3.10. The summed E-state index contributed by atoms with van der Waals surface area (Å²) in [5, 5.41) is 2.19. The minimum Gasteiger partial charge on any atom is -0.327 e. The van der Waals surface area contributed by atoms with Crippen LogP contribution in [0.5, 0.6) is 0 Å². The van der Waals surface area contributed by atoms with Crippen molar-refractivity contribution in [3.8, 4) is 0 Å². The molecule has 0 bridgehead atoms. The minimum atomic E-state index is -4.60. The van der Waals surface area contributed by atoms with E-state index in [1.807, 2.05) is 11.9 Å². The molecule has 116 valence electrons. The van der Waals surface area contributed by atoms with Crippen LogP contribution in [0.4, 0.5) is 18.9 Å². The van der Waals surface area contributed by atoms with E-state index in [1.165, 1.54) is 0 Å². The molecule has 1 aromatic heterocycles. The van der Waals surface area contributed by atoms with Gasteiger partial charge in [-0.3, -0.25) is 9.59 Å². The van der Waals surface area contributed by atoms with Crippen LogP contribution in [0.2, 0.25) is 0 Å². The normalized spacial score (nSPS) is 11.3. The Balaban J connectivity index is 2.25. The van der Waals surface area contributed by atoms with Crippen LogP contribution in [0.25, 0.3) is 0 Å². The Kier molecular flexibility index (Phi) is 4.35. The van der Waals surface area contributed by atoms with Crippen molar-refractivity contribution in [2.24, 2.45) is 0 Å². The molecule has 0 saturated heterocycles. The number of alkyl halides is 3. The van der Waals surface area contributed by atoms with Crippen molar-refractivity contribution in [2.75, 3.05) is 5.32 Å².